The number of rotatable bonds is 4. The molecule has 21 heavy (non-hydrogen) atoms. The number of benzene rings is 1. The summed E-state index contributed by atoms with van der Waals surface area (Å²) in [4.78, 5) is 28.2. The molecule has 0 radical (unpaired) electrons. The molecule has 2 rings (SSSR count). The largest absolute Gasteiger partial charge is 0.240 e. The van der Waals surface area contributed by atoms with Gasteiger partial charge in [-0.2, -0.15) is 4.99 Å². The highest BCUT2D eigenvalue weighted by molar-refractivity contribution is 5.56. The van der Waals surface area contributed by atoms with Gasteiger partial charge in [-0.15, -0.1) is 0 Å². The molecule has 0 aromatic heterocycles. The van der Waals surface area contributed by atoms with Gasteiger partial charge in [-0.1, -0.05) is 6.07 Å². The van der Waals surface area contributed by atoms with Gasteiger partial charge in [0.1, 0.15) is 0 Å². The quantitative estimate of drug-likeness (QED) is 0.625. The first kappa shape index (κ1) is 15.4. The fraction of sp³-hybridized carbons (Fsp3) is 0.529. The summed E-state index contributed by atoms with van der Waals surface area (Å²) >= 11 is 0. The van der Waals surface area contributed by atoms with Crippen LogP contribution in [0.4, 0.5) is 5.69 Å². The molecule has 0 bridgehead atoms. The molecule has 1 fully saturated rings. The molecule has 0 unspecified atom stereocenters. The van der Waals surface area contributed by atoms with Crippen LogP contribution < -0.4 is 0 Å². The van der Waals surface area contributed by atoms with Gasteiger partial charge in [-0.3, -0.25) is 0 Å². The Bertz CT molecular complexity index is 603. The highest BCUT2D eigenvalue weighted by Crippen LogP contribution is 2.31. The van der Waals surface area contributed by atoms with Crippen molar-refractivity contribution in [3.05, 3.63) is 28.8 Å². The first-order valence-corrected chi connectivity index (χ1v) is 7.39. The molecule has 4 heteroatoms. The van der Waals surface area contributed by atoms with E-state index in [0.717, 1.165) is 37.7 Å². The van der Waals surface area contributed by atoms with Crippen LogP contribution in [0.5, 0.6) is 0 Å². The maximum absolute atomic E-state index is 10.4. The minimum Gasteiger partial charge on any atom is -0.211 e. The molecule has 0 heterocycles. The Kier molecular flexibility index (Phi) is 5.21. The summed E-state index contributed by atoms with van der Waals surface area (Å²) in [5.41, 5.74) is 4.20. The lowest BCUT2D eigenvalue weighted by Gasteiger charge is -2.26. The Morgan fingerprint density at radius 3 is 2.38 bits per heavy atom. The van der Waals surface area contributed by atoms with Crippen molar-refractivity contribution >= 4 is 17.8 Å². The molecule has 1 aromatic carbocycles. The van der Waals surface area contributed by atoms with Crippen molar-refractivity contribution in [1.82, 2.24) is 0 Å². The molecule has 4 nitrogen and oxygen atoms in total. The normalized spacial score (nSPS) is 21.2. The van der Waals surface area contributed by atoms with E-state index in [0.29, 0.717) is 11.6 Å². The van der Waals surface area contributed by atoms with Crippen LogP contribution in [-0.2, 0) is 16.0 Å². The van der Waals surface area contributed by atoms with E-state index < -0.39 is 0 Å². The van der Waals surface area contributed by atoms with Crippen LogP contribution >= 0.6 is 0 Å². The summed E-state index contributed by atoms with van der Waals surface area (Å²) in [5.74, 6) is 0.640. The molecular weight excluding hydrogens is 264 g/mol. The number of aryl methyl sites for hydroxylation is 2. The van der Waals surface area contributed by atoms with Crippen molar-refractivity contribution in [3.63, 3.8) is 0 Å². The number of isocyanates is 2. The van der Waals surface area contributed by atoms with Crippen LogP contribution in [0.2, 0.25) is 0 Å². The van der Waals surface area contributed by atoms with E-state index in [9.17, 15) is 9.59 Å². The van der Waals surface area contributed by atoms with Gasteiger partial charge in [0.25, 0.3) is 0 Å². The monoisotopic (exact) mass is 284 g/mol. The molecule has 1 aliphatic carbocycles. The first-order chi connectivity index (χ1) is 10.1. The average molecular weight is 284 g/mol. The van der Waals surface area contributed by atoms with Crippen LogP contribution in [0.25, 0.3) is 0 Å². The van der Waals surface area contributed by atoms with Gasteiger partial charge in [0.05, 0.1) is 11.7 Å². The van der Waals surface area contributed by atoms with Gasteiger partial charge < -0.3 is 0 Å². The Labute approximate surface area is 125 Å². The SMILES string of the molecule is Cc1cc(N=C=O)c(C)cc1CC1CCC(N=C=O)CC1. The number of hydrogen-bond donors (Lipinski definition) is 0. The predicted molar refractivity (Wildman–Crippen MR) is 81.3 cm³/mol. The van der Waals surface area contributed by atoms with Gasteiger partial charge >= 0.3 is 0 Å². The zero-order valence-electron chi connectivity index (χ0n) is 12.6. The predicted octanol–water partition coefficient (Wildman–Crippen LogP) is 3.71. The lowest BCUT2D eigenvalue weighted by atomic mass is 9.81. The minimum absolute atomic E-state index is 0.172. The Hall–Kier alpha value is -2.02. The molecule has 1 aromatic rings. The van der Waals surface area contributed by atoms with E-state index in [1.165, 1.54) is 11.1 Å². The summed E-state index contributed by atoms with van der Waals surface area (Å²) < 4.78 is 0. The summed E-state index contributed by atoms with van der Waals surface area (Å²) in [5, 5.41) is 0. The van der Waals surface area contributed by atoms with Gasteiger partial charge in [0.15, 0.2) is 0 Å². The zero-order valence-corrected chi connectivity index (χ0v) is 12.6. The molecule has 0 amide bonds. The Morgan fingerprint density at radius 1 is 1.05 bits per heavy atom. The minimum atomic E-state index is 0.172. The third-order valence-electron chi connectivity index (χ3n) is 4.38. The summed E-state index contributed by atoms with van der Waals surface area (Å²) in [6.07, 6.45) is 8.46. The lowest BCUT2D eigenvalue weighted by Crippen LogP contribution is -2.19. The maximum Gasteiger partial charge on any atom is 0.240 e. The van der Waals surface area contributed by atoms with Gasteiger partial charge in [-0.25, -0.2) is 14.6 Å². The second-order valence-electron chi connectivity index (χ2n) is 5.87. The second-order valence-corrected chi connectivity index (χ2v) is 5.87. The molecule has 0 atom stereocenters. The van der Waals surface area contributed by atoms with Crippen LogP contribution in [0, 0.1) is 19.8 Å². The number of aliphatic imine (C=N–C) groups is 2. The van der Waals surface area contributed by atoms with E-state index in [1.54, 1.807) is 12.2 Å². The first-order valence-electron chi connectivity index (χ1n) is 7.39. The van der Waals surface area contributed by atoms with Crippen molar-refractivity contribution in [2.75, 3.05) is 0 Å². The maximum atomic E-state index is 10.4. The lowest BCUT2D eigenvalue weighted by molar-refractivity contribution is 0.325. The molecule has 0 N–H and O–H groups in total. The molecule has 1 aliphatic rings. The third kappa shape index (κ3) is 3.98. The number of nitrogens with zero attached hydrogens (tertiary/aromatic N) is 2. The van der Waals surface area contributed by atoms with Gasteiger partial charge in [0, 0.05) is 0 Å². The van der Waals surface area contributed by atoms with Crippen molar-refractivity contribution in [3.8, 4) is 0 Å². The molecular formula is C17H20N2O2. The van der Waals surface area contributed by atoms with E-state index in [2.05, 4.69) is 23.0 Å². The van der Waals surface area contributed by atoms with E-state index in [1.807, 2.05) is 13.0 Å². The molecule has 0 spiro atoms. The highest BCUT2D eigenvalue weighted by atomic mass is 16.1. The van der Waals surface area contributed by atoms with Gasteiger partial charge in [-0.05, 0) is 74.6 Å². The van der Waals surface area contributed by atoms with E-state index >= 15 is 0 Å². The van der Waals surface area contributed by atoms with Crippen LogP contribution in [0.3, 0.4) is 0 Å². The highest BCUT2D eigenvalue weighted by Gasteiger charge is 2.21. The smallest absolute Gasteiger partial charge is 0.211 e. The van der Waals surface area contributed by atoms with E-state index in [-0.39, 0.29) is 6.04 Å². The van der Waals surface area contributed by atoms with Crippen molar-refractivity contribution in [2.24, 2.45) is 15.9 Å². The van der Waals surface area contributed by atoms with Crippen molar-refractivity contribution in [2.45, 2.75) is 52.0 Å². The van der Waals surface area contributed by atoms with Crippen LogP contribution in [0.1, 0.15) is 42.4 Å². The summed E-state index contributed by atoms with van der Waals surface area (Å²) in [6.45, 7) is 4.02. The van der Waals surface area contributed by atoms with Crippen LogP contribution in [-0.4, -0.2) is 18.2 Å². The zero-order chi connectivity index (χ0) is 15.2. The van der Waals surface area contributed by atoms with Crippen LogP contribution in [0.15, 0.2) is 22.1 Å². The molecule has 0 saturated heterocycles. The number of carbonyl (C=O) groups excluding carboxylic acids is 2. The summed E-state index contributed by atoms with van der Waals surface area (Å²) in [6, 6.07) is 4.25. The standard InChI is InChI=1S/C17H20N2O2/c1-12-8-17(19-11-21)13(2)7-15(12)9-14-3-5-16(6-4-14)18-10-20/h7-8,14,16H,3-6,9H2,1-2H3. The Balaban J connectivity index is 2.05. The molecule has 0 aliphatic heterocycles. The van der Waals surface area contributed by atoms with E-state index in [4.69, 9.17) is 0 Å². The fourth-order valence-electron chi connectivity index (χ4n) is 3.11. The third-order valence-corrected chi connectivity index (χ3v) is 4.38. The summed E-state index contributed by atoms with van der Waals surface area (Å²) in [7, 11) is 0. The fourth-order valence-corrected chi connectivity index (χ4v) is 3.11. The number of hydrogen-bond acceptors (Lipinski definition) is 4. The topological polar surface area (TPSA) is 58.9 Å². The molecule has 1 saturated carbocycles. The van der Waals surface area contributed by atoms with Gasteiger partial charge in [0.2, 0.25) is 12.2 Å². The average Bonchev–Trinajstić information content (AvgIpc) is 2.47. The second kappa shape index (κ2) is 7.12. The molecule has 110 valence electrons. The van der Waals surface area contributed by atoms with Crippen molar-refractivity contribution < 1.29 is 9.59 Å². The Morgan fingerprint density at radius 2 is 1.76 bits per heavy atom. The van der Waals surface area contributed by atoms with Crippen molar-refractivity contribution in [1.29, 1.82) is 0 Å².